The van der Waals surface area contributed by atoms with E-state index in [4.69, 9.17) is 4.74 Å². The minimum atomic E-state index is 0.163. The molecule has 1 heterocycles. The molecule has 1 aromatic rings. The molecule has 0 radical (unpaired) electrons. The minimum Gasteiger partial charge on any atom is -0.493 e. The van der Waals surface area contributed by atoms with Crippen LogP contribution in [0.1, 0.15) is 44.9 Å². The van der Waals surface area contributed by atoms with Crippen molar-refractivity contribution in [2.75, 3.05) is 13.2 Å². The summed E-state index contributed by atoms with van der Waals surface area (Å²) < 4.78 is 6.99. The van der Waals surface area contributed by atoms with Crippen molar-refractivity contribution >= 4 is 15.9 Å². The zero-order valence-electron chi connectivity index (χ0n) is 11.6. The number of ether oxygens (including phenoxy) is 1. The summed E-state index contributed by atoms with van der Waals surface area (Å²) in [6.45, 7) is 10.7. The van der Waals surface area contributed by atoms with Gasteiger partial charge in [-0.05, 0) is 29.7 Å². The summed E-state index contributed by atoms with van der Waals surface area (Å²) in [7, 11) is 0. The lowest BCUT2D eigenvalue weighted by Crippen LogP contribution is -2.32. The number of hydrogen-bond acceptors (Lipinski definition) is 2. The van der Waals surface area contributed by atoms with Crippen LogP contribution in [0.4, 0.5) is 0 Å². The molecule has 2 rings (SSSR count). The topological polar surface area (TPSA) is 21.3 Å². The van der Waals surface area contributed by atoms with Gasteiger partial charge in [-0.2, -0.15) is 0 Å². The van der Waals surface area contributed by atoms with Crippen LogP contribution in [0.15, 0.2) is 16.6 Å². The van der Waals surface area contributed by atoms with Crippen LogP contribution in [0.5, 0.6) is 5.75 Å². The van der Waals surface area contributed by atoms with Crippen LogP contribution in [0.3, 0.4) is 0 Å². The van der Waals surface area contributed by atoms with Gasteiger partial charge in [-0.3, -0.25) is 0 Å². The van der Waals surface area contributed by atoms with Crippen LogP contribution in [0.25, 0.3) is 0 Å². The van der Waals surface area contributed by atoms with Gasteiger partial charge in [0.2, 0.25) is 0 Å². The van der Waals surface area contributed by atoms with Crippen molar-refractivity contribution in [3.63, 3.8) is 0 Å². The van der Waals surface area contributed by atoms with Gasteiger partial charge < -0.3 is 10.1 Å². The number of benzene rings is 1. The SMILES string of the molecule is CCNC(c1cc(Br)cc2c1OCC2)C(C)(C)C. The highest BCUT2D eigenvalue weighted by Crippen LogP contribution is 2.42. The second-order valence-corrected chi connectivity index (χ2v) is 6.85. The van der Waals surface area contributed by atoms with E-state index in [0.717, 1.165) is 29.8 Å². The van der Waals surface area contributed by atoms with Crippen LogP contribution in [0.2, 0.25) is 0 Å². The summed E-state index contributed by atoms with van der Waals surface area (Å²) in [5, 5.41) is 3.59. The highest BCUT2D eigenvalue weighted by molar-refractivity contribution is 9.10. The molecule has 100 valence electrons. The van der Waals surface area contributed by atoms with Gasteiger partial charge in [0.1, 0.15) is 5.75 Å². The van der Waals surface area contributed by atoms with E-state index in [1.165, 1.54) is 11.1 Å². The lowest BCUT2D eigenvalue weighted by Gasteiger charge is -2.33. The van der Waals surface area contributed by atoms with E-state index < -0.39 is 0 Å². The number of fused-ring (bicyclic) bond motifs is 1. The van der Waals surface area contributed by atoms with Crippen LogP contribution in [-0.2, 0) is 6.42 Å². The fourth-order valence-electron chi connectivity index (χ4n) is 2.60. The molecule has 1 N–H and O–H groups in total. The number of nitrogens with one attached hydrogen (secondary N) is 1. The van der Waals surface area contributed by atoms with Gasteiger partial charge in [0.25, 0.3) is 0 Å². The van der Waals surface area contributed by atoms with Gasteiger partial charge in [-0.15, -0.1) is 0 Å². The maximum atomic E-state index is 5.85. The Balaban J connectivity index is 2.48. The Morgan fingerprint density at radius 3 is 2.72 bits per heavy atom. The Kier molecular flexibility index (Phi) is 4.02. The van der Waals surface area contributed by atoms with Gasteiger partial charge in [0.05, 0.1) is 6.61 Å². The fraction of sp³-hybridized carbons (Fsp3) is 0.600. The molecule has 1 aliphatic heterocycles. The maximum absolute atomic E-state index is 5.85. The highest BCUT2D eigenvalue weighted by Gasteiger charge is 2.30. The van der Waals surface area contributed by atoms with Crippen molar-refractivity contribution in [3.8, 4) is 5.75 Å². The molecule has 1 unspecified atom stereocenters. The van der Waals surface area contributed by atoms with E-state index in [0.29, 0.717) is 6.04 Å². The van der Waals surface area contributed by atoms with Gasteiger partial charge in [-0.25, -0.2) is 0 Å². The van der Waals surface area contributed by atoms with E-state index in [1.54, 1.807) is 0 Å². The molecular formula is C15H22BrNO. The average molecular weight is 312 g/mol. The van der Waals surface area contributed by atoms with Crippen LogP contribution >= 0.6 is 15.9 Å². The number of halogens is 1. The Morgan fingerprint density at radius 2 is 2.11 bits per heavy atom. The van der Waals surface area contributed by atoms with Gasteiger partial charge >= 0.3 is 0 Å². The van der Waals surface area contributed by atoms with Crippen molar-refractivity contribution in [2.24, 2.45) is 5.41 Å². The Bertz CT molecular complexity index is 437. The molecule has 3 heteroatoms. The van der Waals surface area contributed by atoms with Crippen LogP contribution < -0.4 is 10.1 Å². The molecule has 0 saturated heterocycles. The number of hydrogen-bond donors (Lipinski definition) is 1. The molecule has 1 aromatic carbocycles. The molecule has 0 aromatic heterocycles. The first kappa shape index (κ1) is 13.9. The zero-order valence-corrected chi connectivity index (χ0v) is 13.2. The third-order valence-corrected chi connectivity index (χ3v) is 3.82. The Hall–Kier alpha value is -0.540. The maximum Gasteiger partial charge on any atom is 0.127 e. The first-order valence-electron chi connectivity index (χ1n) is 6.62. The minimum absolute atomic E-state index is 0.163. The molecule has 0 spiro atoms. The van der Waals surface area contributed by atoms with Crippen molar-refractivity contribution in [1.82, 2.24) is 5.32 Å². The zero-order chi connectivity index (χ0) is 13.3. The van der Waals surface area contributed by atoms with Crippen molar-refractivity contribution < 1.29 is 4.74 Å². The molecule has 2 nitrogen and oxygen atoms in total. The summed E-state index contributed by atoms with van der Waals surface area (Å²) in [6, 6.07) is 4.69. The quantitative estimate of drug-likeness (QED) is 0.908. The predicted molar refractivity (Wildman–Crippen MR) is 79.2 cm³/mol. The lowest BCUT2D eigenvalue weighted by molar-refractivity contribution is 0.265. The summed E-state index contributed by atoms with van der Waals surface area (Å²) in [5.74, 6) is 1.10. The second kappa shape index (κ2) is 5.22. The second-order valence-electron chi connectivity index (χ2n) is 5.94. The lowest BCUT2D eigenvalue weighted by atomic mass is 9.81. The smallest absolute Gasteiger partial charge is 0.127 e. The van der Waals surface area contributed by atoms with E-state index >= 15 is 0 Å². The standard InChI is InChI=1S/C15H22BrNO/c1-5-17-14(15(2,3)4)12-9-11(16)8-10-6-7-18-13(10)12/h8-9,14,17H,5-7H2,1-4H3. The monoisotopic (exact) mass is 311 g/mol. The van der Waals surface area contributed by atoms with Gasteiger partial charge in [0, 0.05) is 22.5 Å². The fourth-order valence-corrected chi connectivity index (χ4v) is 3.12. The molecular weight excluding hydrogens is 290 g/mol. The number of rotatable bonds is 3. The third-order valence-electron chi connectivity index (χ3n) is 3.36. The summed E-state index contributed by atoms with van der Waals surface area (Å²) in [4.78, 5) is 0. The molecule has 1 aliphatic rings. The van der Waals surface area contributed by atoms with Crippen LogP contribution in [0, 0.1) is 5.41 Å². The first-order chi connectivity index (χ1) is 8.43. The summed E-state index contributed by atoms with van der Waals surface area (Å²) in [5.41, 5.74) is 2.77. The molecule has 18 heavy (non-hydrogen) atoms. The van der Waals surface area contributed by atoms with E-state index in [1.807, 2.05) is 0 Å². The average Bonchev–Trinajstić information content (AvgIpc) is 2.71. The molecule has 0 saturated carbocycles. The normalized spacial score (nSPS) is 16.3. The predicted octanol–water partition coefficient (Wildman–Crippen LogP) is 4.08. The molecule has 0 fully saturated rings. The van der Waals surface area contributed by atoms with Crippen molar-refractivity contribution in [3.05, 3.63) is 27.7 Å². The van der Waals surface area contributed by atoms with Gasteiger partial charge in [0.15, 0.2) is 0 Å². The van der Waals surface area contributed by atoms with E-state index in [-0.39, 0.29) is 5.41 Å². The van der Waals surface area contributed by atoms with Gasteiger partial charge in [-0.1, -0.05) is 43.6 Å². The van der Waals surface area contributed by atoms with Crippen molar-refractivity contribution in [1.29, 1.82) is 0 Å². The molecule has 0 amide bonds. The molecule has 0 bridgehead atoms. The highest BCUT2D eigenvalue weighted by atomic mass is 79.9. The van der Waals surface area contributed by atoms with Crippen LogP contribution in [-0.4, -0.2) is 13.2 Å². The van der Waals surface area contributed by atoms with Crippen molar-refractivity contribution in [2.45, 2.75) is 40.2 Å². The summed E-state index contributed by atoms with van der Waals surface area (Å²) >= 11 is 3.62. The van der Waals surface area contributed by atoms with E-state index in [2.05, 4.69) is 61.1 Å². The Morgan fingerprint density at radius 1 is 1.39 bits per heavy atom. The molecule has 1 atom stereocenters. The first-order valence-corrected chi connectivity index (χ1v) is 7.41. The molecule has 0 aliphatic carbocycles. The van der Waals surface area contributed by atoms with E-state index in [9.17, 15) is 0 Å². The third kappa shape index (κ3) is 2.72. The largest absolute Gasteiger partial charge is 0.493 e. The summed E-state index contributed by atoms with van der Waals surface area (Å²) in [6.07, 6.45) is 1.02. The Labute approximate surface area is 118 Å².